The SMILES string of the molecule is CCN(CC(O)(Cn1cncn1)c1ccc(F)cc1F)C(=S)SCc1ccccc1C#N. The van der Waals surface area contributed by atoms with E-state index in [4.69, 9.17) is 12.2 Å². The van der Waals surface area contributed by atoms with Gasteiger partial charge in [-0.05, 0) is 24.6 Å². The molecule has 6 nitrogen and oxygen atoms in total. The Hall–Kier alpha value is -2.87. The molecule has 1 aromatic heterocycles. The molecular formula is C22H21F2N5OS2. The Kier molecular flexibility index (Phi) is 7.90. The normalized spacial score (nSPS) is 12.7. The van der Waals surface area contributed by atoms with Crippen LogP contribution in [-0.2, 0) is 17.9 Å². The van der Waals surface area contributed by atoms with Gasteiger partial charge in [-0.3, -0.25) is 0 Å². The molecule has 0 aliphatic rings. The number of aromatic nitrogens is 3. The summed E-state index contributed by atoms with van der Waals surface area (Å²) in [6.07, 6.45) is 2.72. The van der Waals surface area contributed by atoms with Gasteiger partial charge in [-0.15, -0.1) is 0 Å². The number of nitriles is 1. The zero-order valence-corrected chi connectivity index (χ0v) is 18.9. The van der Waals surface area contributed by atoms with Crippen LogP contribution in [0.3, 0.4) is 0 Å². The van der Waals surface area contributed by atoms with E-state index >= 15 is 0 Å². The van der Waals surface area contributed by atoms with E-state index in [2.05, 4.69) is 16.2 Å². The first-order valence-corrected chi connectivity index (χ1v) is 11.2. The third-order valence-electron chi connectivity index (χ3n) is 4.90. The summed E-state index contributed by atoms with van der Waals surface area (Å²) in [4.78, 5) is 5.61. The number of benzene rings is 2. The molecule has 2 aromatic carbocycles. The molecule has 0 bridgehead atoms. The van der Waals surface area contributed by atoms with E-state index in [1.807, 2.05) is 19.1 Å². The lowest BCUT2D eigenvalue weighted by atomic mass is 9.92. The highest BCUT2D eigenvalue weighted by atomic mass is 32.2. The summed E-state index contributed by atoms with van der Waals surface area (Å²) in [5, 5.41) is 24.8. The van der Waals surface area contributed by atoms with Gasteiger partial charge in [0.1, 0.15) is 34.2 Å². The van der Waals surface area contributed by atoms with Crippen LogP contribution in [0, 0.1) is 23.0 Å². The van der Waals surface area contributed by atoms with Crippen molar-refractivity contribution in [1.82, 2.24) is 19.7 Å². The van der Waals surface area contributed by atoms with Gasteiger partial charge < -0.3 is 10.0 Å². The van der Waals surface area contributed by atoms with Gasteiger partial charge in [0.15, 0.2) is 0 Å². The summed E-state index contributed by atoms with van der Waals surface area (Å²) in [5.41, 5.74) is -0.394. The predicted octanol–water partition coefficient (Wildman–Crippen LogP) is 3.86. The summed E-state index contributed by atoms with van der Waals surface area (Å²) in [6, 6.07) is 12.5. The number of aliphatic hydroxyl groups is 1. The van der Waals surface area contributed by atoms with Gasteiger partial charge in [-0.25, -0.2) is 18.4 Å². The van der Waals surface area contributed by atoms with Crippen LogP contribution in [0.25, 0.3) is 0 Å². The van der Waals surface area contributed by atoms with Crippen molar-refractivity contribution in [1.29, 1.82) is 5.26 Å². The molecule has 0 amide bonds. The van der Waals surface area contributed by atoms with E-state index in [1.54, 1.807) is 17.0 Å². The van der Waals surface area contributed by atoms with Crippen LogP contribution in [-0.4, -0.2) is 42.2 Å². The molecule has 0 aliphatic carbocycles. The lowest BCUT2D eigenvalue weighted by Crippen LogP contribution is -2.46. The molecule has 0 spiro atoms. The Bertz CT molecular complexity index is 1120. The fraction of sp³-hybridized carbons (Fsp3) is 0.273. The topological polar surface area (TPSA) is 78.0 Å². The zero-order valence-electron chi connectivity index (χ0n) is 17.3. The monoisotopic (exact) mass is 473 g/mol. The highest BCUT2D eigenvalue weighted by Gasteiger charge is 2.36. The Balaban J connectivity index is 1.83. The number of likely N-dealkylation sites (N-methyl/N-ethyl adjacent to an activating group) is 1. The maximum Gasteiger partial charge on any atom is 0.137 e. The van der Waals surface area contributed by atoms with Crippen LogP contribution >= 0.6 is 24.0 Å². The number of hydrogen-bond acceptors (Lipinski definition) is 6. The largest absolute Gasteiger partial charge is 0.381 e. The van der Waals surface area contributed by atoms with Crippen molar-refractivity contribution in [3.8, 4) is 6.07 Å². The molecule has 0 aliphatic heterocycles. The minimum atomic E-state index is -1.75. The number of rotatable bonds is 8. The fourth-order valence-electron chi connectivity index (χ4n) is 3.28. The number of nitrogens with zero attached hydrogens (tertiary/aromatic N) is 5. The number of thioether (sulfide) groups is 1. The quantitative estimate of drug-likeness (QED) is 0.498. The summed E-state index contributed by atoms with van der Waals surface area (Å²) in [5.74, 6) is -1.11. The van der Waals surface area contributed by atoms with Crippen LogP contribution in [0.15, 0.2) is 55.1 Å². The number of thiocarbonyl (C=S) groups is 1. The van der Waals surface area contributed by atoms with Gasteiger partial charge >= 0.3 is 0 Å². The molecular weight excluding hydrogens is 452 g/mol. The van der Waals surface area contributed by atoms with Gasteiger partial charge in [0.25, 0.3) is 0 Å². The molecule has 1 unspecified atom stereocenters. The summed E-state index contributed by atoms with van der Waals surface area (Å²) < 4.78 is 30.0. The maximum absolute atomic E-state index is 14.7. The number of hydrogen-bond donors (Lipinski definition) is 1. The molecule has 0 radical (unpaired) electrons. The van der Waals surface area contributed by atoms with E-state index in [-0.39, 0.29) is 18.7 Å². The molecule has 32 heavy (non-hydrogen) atoms. The smallest absolute Gasteiger partial charge is 0.137 e. The molecule has 0 saturated carbocycles. The van der Waals surface area contributed by atoms with Crippen molar-refractivity contribution in [3.05, 3.63) is 83.4 Å². The van der Waals surface area contributed by atoms with Crippen molar-refractivity contribution >= 4 is 28.3 Å². The zero-order chi connectivity index (χ0) is 23.1. The van der Waals surface area contributed by atoms with Gasteiger partial charge in [0, 0.05) is 23.9 Å². The molecule has 10 heteroatoms. The van der Waals surface area contributed by atoms with Crippen LogP contribution < -0.4 is 0 Å². The highest BCUT2D eigenvalue weighted by Crippen LogP contribution is 2.29. The molecule has 1 heterocycles. The van der Waals surface area contributed by atoms with Gasteiger partial charge in [0.2, 0.25) is 0 Å². The fourth-order valence-corrected chi connectivity index (χ4v) is 4.55. The first kappa shape index (κ1) is 23.8. The van der Waals surface area contributed by atoms with Gasteiger partial charge in [0.05, 0.1) is 24.7 Å². The average molecular weight is 474 g/mol. The van der Waals surface area contributed by atoms with E-state index in [0.29, 0.717) is 22.2 Å². The molecule has 3 rings (SSSR count). The minimum absolute atomic E-state index is 0.0440. The number of halogens is 2. The van der Waals surface area contributed by atoms with Crippen molar-refractivity contribution < 1.29 is 13.9 Å². The van der Waals surface area contributed by atoms with Gasteiger partial charge in [-0.1, -0.05) is 48.2 Å². The standard InChI is InChI=1S/C22H21F2N5OS2/c1-2-28(21(31)32-11-17-6-4-3-5-16(17)10-25)12-22(30,13-29-15-26-14-27-29)19-8-7-18(23)9-20(19)24/h3-9,14-15,30H,2,11-13H2,1H3. The third kappa shape index (κ3) is 5.68. The van der Waals surface area contributed by atoms with Crippen LogP contribution in [0.4, 0.5) is 8.78 Å². The van der Waals surface area contributed by atoms with Gasteiger partial charge in [-0.2, -0.15) is 10.4 Å². The van der Waals surface area contributed by atoms with Crippen molar-refractivity contribution in [2.75, 3.05) is 13.1 Å². The Labute approximate surface area is 194 Å². The van der Waals surface area contributed by atoms with E-state index in [0.717, 1.165) is 17.7 Å². The molecule has 0 fully saturated rings. The van der Waals surface area contributed by atoms with E-state index in [9.17, 15) is 19.1 Å². The second-order valence-electron chi connectivity index (χ2n) is 7.09. The van der Waals surface area contributed by atoms with Crippen molar-refractivity contribution in [2.24, 2.45) is 0 Å². The molecule has 1 N–H and O–H groups in total. The Morgan fingerprint density at radius 1 is 1.31 bits per heavy atom. The molecule has 1 atom stereocenters. The molecule has 166 valence electrons. The van der Waals surface area contributed by atoms with Crippen LogP contribution in [0.1, 0.15) is 23.6 Å². The lowest BCUT2D eigenvalue weighted by Gasteiger charge is -2.35. The minimum Gasteiger partial charge on any atom is -0.381 e. The van der Waals surface area contributed by atoms with Crippen LogP contribution in [0.5, 0.6) is 0 Å². The summed E-state index contributed by atoms with van der Waals surface area (Å²) >= 11 is 6.93. The summed E-state index contributed by atoms with van der Waals surface area (Å²) in [7, 11) is 0. The predicted molar refractivity (Wildman–Crippen MR) is 123 cm³/mol. The highest BCUT2D eigenvalue weighted by molar-refractivity contribution is 8.22. The van der Waals surface area contributed by atoms with E-state index < -0.39 is 17.2 Å². The average Bonchev–Trinajstić information content (AvgIpc) is 3.28. The second-order valence-corrected chi connectivity index (χ2v) is 8.70. The van der Waals surface area contributed by atoms with Crippen molar-refractivity contribution in [2.45, 2.75) is 24.8 Å². The third-order valence-corrected chi connectivity index (χ3v) is 6.48. The van der Waals surface area contributed by atoms with E-state index in [1.165, 1.54) is 35.2 Å². The van der Waals surface area contributed by atoms with Crippen LogP contribution in [0.2, 0.25) is 0 Å². The Morgan fingerprint density at radius 2 is 2.09 bits per heavy atom. The second kappa shape index (κ2) is 10.6. The molecule has 3 aromatic rings. The Morgan fingerprint density at radius 3 is 2.75 bits per heavy atom. The maximum atomic E-state index is 14.7. The lowest BCUT2D eigenvalue weighted by molar-refractivity contribution is -0.00542. The first-order chi connectivity index (χ1) is 15.4. The van der Waals surface area contributed by atoms with Crippen molar-refractivity contribution in [3.63, 3.8) is 0 Å². The first-order valence-electron chi connectivity index (χ1n) is 9.76. The molecule has 0 saturated heterocycles. The summed E-state index contributed by atoms with van der Waals surface area (Å²) in [6.45, 7) is 2.18.